The molecule has 1 fully saturated rings. The largest absolute Gasteiger partial charge is 0.344 e. The van der Waals surface area contributed by atoms with Crippen LogP contribution in [-0.4, -0.2) is 49.0 Å². The number of aryl methyl sites for hydroxylation is 2. The number of hydrogen-bond donors (Lipinski definition) is 0. The van der Waals surface area contributed by atoms with Crippen molar-refractivity contribution in [3.8, 4) is 0 Å². The van der Waals surface area contributed by atoms with E-state index in [0.717, 1.165) is 10.3 Å². The highest BCUT2D eigenvalue weighted by molar-refractivity contribution is 7.91. The summed E-state index contributed by atoms with van der Waals surface area (Å²) in [7, 11) is -0.253. The summed E-state index contributed by atoms with van der Waals surface area (Å²) in [5.41, 5.74) is 0.938. The highest BCUT2D eigenvalue weighted by Gasteiger charge is 2.32. The van der Waals surface area contributed by atoms with Crippen LogP contribution >= 0.6 is 11.6 Å². The molecule has 0 aliphatic carbocycles. The predicted octanol–water partition coefficient (Wildman–Crippen LogP) is 0.748. The van der Waals surface area contributed by atoms with E-state index in [4.69, 9.17) is 11.6 Å². The summed E-state index contributed by atoms with van der Waals surface area (Å²) in [5, 5.41) is -0.0719. The molecule has 4 heterocycles. The van der Waals surface area contributed by atoms with Crippen LogP contribution in [0.2, 0.25) is 5.28 Å². The molecule has 0 N–H and O–H groups in total. The summed E-state index contributed by atoms with van der Waals surface area (Å²) in [6.45, 7) is 3.37. The Labute approximate surface area is 182 Å². The van der Waals surface area contributed by atoms with Gasteiger partial charge in [0.15, 0.2) is 26.8 Å². The number of imidazole rings is 1. The van der Waals surface area contributed by atoms with E-state index in [9.17, 15) is 22.8 Å². The molecule has 31 heavy (non-hydrogen) atoms. The summed E-state index contributed by atoms with van der Waals surface area (Å²) < 4.78 is 29.1. The molecule has 0 radical (unpaired) electrons. The molecule has 4 rings (SSSR count). The van der Waals surface area contributed by atoms with E-state index < -0.39 is 21.1 Å². The number of fused-ring (bicyclic) bond motifs is 1. The number of sulfone groups is 1. The van der Waals surface area contributed by atoms with Crippen LogP contribution in [0.5, 0.6) is 0 Å². The van der Waals surface area contributed by atoms with Gasteiger partial charge in [0, 0.05) is 37.1 Å². The van der Waals surface area contributed by atoms with Crippen molar-refractivity contribution in [2.45, 2.75) is 32.9 Å². The quantitative estimate of drug-likeness (QED) is 0.412. The number of aromatic nitrogens is 5. The molecule has 0 bridgehead atoms. The van der Waals surface area contributed by atoms with Gasteiger partial charge in [-0.1, -0.05) is 0 Å². The van der Waals surface area contributed by atoms with Crippen molar-refractivity contribution in [3.63, 3.8) is 0 Å². The topological polar surface area (TPSA) is 118 Å². The fourth-order valence-electron chi connectivity index (χ4n) is 4.39. The molecule has 12 heteroatoms. The fourth-order valence-corrected chi connectivity index (χ4v) is 6.32. The Balaban J connectivity index is 1.76. The number of halogens is 1. The van der Waals surface area contributed by atoms with Crippen molar-refractivity contribution in [2.24, 2.45) is 14.1 Å². The van der Waals surface area contributed by atoms with E-state index in [1.807, 2.05) is 11.5 Å². The average molecular weight is 468 g/mol. The first-order valence-electron chi connectivity index (χ1n) is 9.66. The number of carbonyl (C=O) groups excluding carboxylic acids is 1. The van der Waals surface area contributed by atoms with Gasteiger partial charge in [-0.25, -0.2) is 13.2 Å². The molecular weight excluding hydrogens is 446 g/mol. The van der Waals surface area contributed by atoms with Gasteiger partial charge in [0.1, 0.15) is 0 Å². The van der Waals surface area contributed by atoms with Gasteiger partial charge in [-0.15, -0.1) is 0 Å². The monoisotopic (exact) mass is 467 g/mol. The lowest BCUT2D eigenvalue weighted by atomic mass is 10.1. The minimum absolute atomic E-state index is 0.0546. The molecule has 0 spiro atoms. The summed E-state index contributed by atoms with van der Waals surface area (Å²) in [6, 6.07) is 1.52. The molecule has 1 aliphatic rings. The predicted molar refractivity (Wildman–Crippen MR) is 116 cm³/mol. The molecular formula is C19H22ClN5O5S. The third-order valence-corrected chi connectivity index (χ3v) is 8.00. The number of rotatable bonds is 4. The van der Waals surface area contributed by atoms with E-state index in [1.54, 1.807) is 13.0 Å². The smallest absolute Gasteiger partial charge is 0.332 e. The van der Waals surface area contributed by atoms with Crippen LogP contribution in [0, 0.1) is 13.8 Å². The second-order valence-electron chi connectivity index (χ2n) is 7.98. The molecule has 0 saturated carbocycles. The molecule has 3 aromatic heterocycles. The molecule has 1 saturated heterocycles. The van der Waals surface area contributed by atoms with Crippen LogP contribution in [-0.2, 0) is 30.5 Å². The highest BCUT2D eigenvalue weighted by atomic mass is 35.5. The van der Waals surface area contributed by atoms with Crippen LogP contribution < -0.4 is 11.2 Å². The zero-order valence-corrected chi connectivity index (χ0v) is 19.1. The first-order valence-corrected chi connectivity index (χ1v) is 11.9. The van der Waals surface area contributed by atoms with Crippen molar-refractivity contribution in [1.29, 1.82) is 0 Å². The summed E-state index contributed by atoms with van der Waals surface area (Å²) >= 11 is 6.22. The van der Waals surface area contributed by atoms with E-state index in [1.165, 1.54) is 23.2 Å². The molecule has 0 unspecified atom stereocenters. The molecule has 10 nitrogen and oxygen atoms in total. The number of nitrogens with zero attached hydrogens (tertiary/aromatic N) is 5. The fraction of sp³-hybridized carbons (Fsp3) is 0.474. The standard InChI is InChI=1S/C19H22ClN5O5S/c1-10-7-13(11(2)25(10)12-5-6-31(29,30)9-12)14(26)8-24-15-16(21-18(24)20)22(3)19(28)23(4)17(15)27/h7,12H,5-6,8-9H2,1-4H3/t12-/m0/s1. The summed E-state index contributed by atoms with van der Waals surface area (Å²) in [4.78, 5) is 42.1. The lowest BCUT2D eigenvalue weighted by Crippen LogP contribution is -2.37. The summed E-state index contributed by atoms with van der Waals surface area (Å²) in [5.74, 6) is -0.104. The van der Waals surface area contributed by atoms with Crippen molar-refractivity contribution in [3.05, 3.63) is 49.1 Å². The Morgan fingerprint density at radius 2 is 1.90 bits per heavy atom. The lowest BCUT2D eigenvalue weighted by Gasteiger charge is -2.16. The van der Waals surface area contributed by atoms with Crippen molar-refractivity contribution >= 4 is 38.4 Å². The second kappa shape index (κ2) is 7.20. The lowest BCUT2D eigenvalue weighted by molar-refractivity contribution is 0.0972. The maximum Gasteiger partial charge on any atom is 0.332 e. The molecule has 1 aliphatic heterocycles. The first-order chi connectivity index (χ1) is 14.4. The van der Waals surface area contributed by atoms with Crippen LogP contribution in [0.15, 0.2) is 15.7 Å². The Hall–Kier alpha value is -2.66. The number of carbonyl (C=O) groups is 1. The average Bonchev–Trinajstić information content (AvgIpc) is 3.31. The van der Waals surface area contributed by atoms with Gasteiger partial charge in [0.25, 0.3) is 5.56 Å². The first kappa shape index (κ1) is 21.6. The van der Waals surface area contributed by atoms with Crippen molar-refractivity contribution in [2.75, 3.05) is 11.5 Å². The second-order valence-corrected chi connectivity index (χ2v) is 10.5. The highest BCUT2D eigenvalue weighted by Crippen LogP contribution is 2.29. The minimum Gasteiger partial charge on any atom is -0.344 e. The zero-order chi connectivity index (χ0) is 22.8. The number of ketones is 1. The summed E-state index contributed by atoms with van der Waals surface area (Å²) in [6.07, 6.45) is 0.508. The van der Waals surface area contributed by atoms with Crippen LogP contribution in [0.25, 0.3) is 11.2 Å². The molecule has 0 amide bonds. The van der Waals surface area contributed by atoms with Crippen molar-refractivity contribution < 1.29 is 13.2 Å². The Bertz CT molecular complexity index is 1470. The van der Waals surface area contributed by atoms with Gasteiger partial charge in [-0.05, 0) is 37.9 Å². The van der Waals surface area contributed by atoms with Gasteiger partial charge in [0.05, 0.1) is 18.1 Å². The van der Waals surface area contributed by atoms with Crippen molar-refractivity contribution in [1.82, 2.24) is 23.3 Å². The van der Waals surface area contributed by atoms with Crippen LogP contribution in [0.4, 0.5) is 0 Å². The molecule has 0 aromatic carbocycles. The SMILES string of the molecule is Cc1cc(C(=O)Cn2c(Cl)nc3c2c(=O)n(C)c(=O)n3C)c(C)n1[C@H]1CCS(=O)(=O)C1. The molecule has 166 valence electrons. The minimum atomic E-state index is -3.08. The van der Waals surface area contributed by atoms with Gasteiger partial charge < -0.3 is 9.13 Å². The van der Waals surface area contributed by atoms with Crippen LogP contribution in [0.3, 0.4) is 0 Å². The Kier molecular flexibility index (Phi) is 5.01. The number of hydrogen-bond acceptors (Lipinski definition) is 6. The normalized spacial score (nSPS) is 18.2. The van der Waals surface area contributed by atoms with E-state index in [-0.39, 0.29) is 46.3 Å². The maximum absolute atomic E-state index is 13.2. The van der Waals surface area contributed by atoms with E-state index in [2.05, 4.69) is 4.98 Å². The molecule has 1 atom stereocenters. The third kappa shape index (κ3) is 3.35. The number of Topliss-reactive ketones (excluding diaryl/α,β-unsaturated/α-hetero) is 1. The van der Waals surface area contributed by atoms with Crippen LogP contribution in [0.1, 0.15) is 34.2 Å². The van der Waals surface area contributed by atoms with E-state index >= 15 is 0 Å². The third-order valence-electron chi connectivity index (χ3n) is 5.96. The van der Waals surface area contributed by atoms with Gasteiger partial charge in [-0.3, -0.25) is 18.7 Å². The van der Waals surface area contributed by atoms with E-state index in [0.29, 0.717) is 17.7 Å². The van der Waals surface area contributed by atoms with Gasteiger partial charge >= 0.3 is 5.69 Å². The van der Waals surface area contributed by atoms with Gasteiger partial charge in [0.2, 0.25) is 5.28 Å². The molecule has 3 aromatic rings. The van der Waals surface area contributed by atoms with Gasteiger partial charge in [-0.2, -0.15) is 4.98 Å². The maximum atomic E-state index is 13.2. The zero-order valence-electron chi connectivity index (χ0n) is 17.5. The Morgan fingerprint density at radius 3 is 2.52 bits per heavy atom. The Morgan fingerprint density at radius 1 is 1.23 bits per heavy atom.